The summed E-state index contributed by atoms with van der Waals surface area (Å²) in [5.41, 5.74) is 0.729. The number of benzene rings is 1. The minimum absolute atomic E-state index is 0.101. The van der Waals surface area contributed by atoms with Crippen LogP contribution in [0.3, 0.4) is 0 Å². The largest absolute Gasteiger partial charge is 0.353 e. The first-order valence-electron chi connectivity index (χ1n) is 8.79. The third-order valence-corrected chi connectivity index (χ3v) is 7.85. The molecule has 4 atom stereocenters. The fraction of sp³-hybridized carbons (Fsp3) is 0.611. The lowest BCUT2D eigenvalue weighted by Gasteiger charge is -2.43. The lowest BCUT2D eigenvalue weighted by molar-refractivity contribution is -0.126. The second kappa shape index (κ2) is 6.75. The van der Waals surface area contributed by atoms with Crippen LogP contribution in [0.2, 0.25) is 0 Å². The Morgan fingerprint density at radius 2 is 1.92 bits per heavy atom. The molecule has 4 unspecified atom stereocenters. The predicted molar refractivity (Wildman–Crippen MR) is 95.2 cm³/mol. The number of fused-ring (bicyclic) bond motifs is 1. The molecular weight excluding hydrogens is 324 g/mol. The van der Waals surface area contributed by atoms with Gasteiger partial charge in [-0.2, -0.15) is 0 Å². The van der Waals surface area contributed by atoms with Gasteiger partial charge < -0.3 is 5.32 Å². The molecule has 0 radical (unpaired) electrons. The van der Waals surface area contributed by atoms with Crippen LogP contribution in [0.1, 0.15) is 39.5 Å². The molecule has 1 heterocycles. The van der Waals surface area contributed by atoms with E-state index in [1.165, 1.54) is 4.31 Å². The maximum Gasteiger partial charge on any atom is 0.238 e. The highest BCUT2D eigenvalue weighted by Gasteiger charge is 2.44. The van der Waals surface area contributed by atoms with Gasteiger partial charge in [-0.05, 0) is 50.2 Å². The van der Waals surface area contributed by atoms with Crippen LogP contribution in [0.15, 0.2) is 30.3 Å². The van der Waals surface area contributed by atoms with E-state index in [0.717, 1.165) is 12.1 Å². The topological polar surface area (TPSA) is 66.5 Å². The molecule has 1 aromatic carbocycles. The molecule has 5 nitrogen and oxygen atoms in total. The number of nitrogens with zero attached hydrogens (tertiary/aromatic N) is 1. The fourth-order valence-corrected chi connectivity index (χ4v) is 6.27. The molecule has 24 heavy (non-hydrogen) atoms. The maximum absolute atomic E-state index is 13.2. The van der Waals surface area contributed by atoms with Crippen molar-refractivity contribution in [3.63, 3.8) is 0 Å². The van der Waals surface area contributed by atoms with E-state index in [0.29, 0.717) is 25.8 Å². The van der Waals surface area contributed by atoms with Crippen molar-refractivity contribution in [1.29, 1.82) is 0 Å². The molecule has 3 rings (SSSR count). The molecule has 2 fully saturated rings. The minimum atomic E-state index is -3.39. The molecule has 1 amide bonds. The van der Waals surface area contributed by atoms with Crippen LogP contribution in [0.5, 0.6) is 0 Å². The lowest BCUT2D eigenvalue weighted by Crippen LogP contribution is -2.54. The molecule has 0 bridgehead atoms. The van der Waals surface area contributed by atoms with Crippen LogP contribution in [-0.2, 0) is 14.8 Å². The van der Waals surface area contributed by atoms with E-state index in [-0.39, 0.29) is 29.0 Å². The van der Waals surface area contributed by atoms with Gasteiger partial charge >= 0.3 is 0 Å². The number of hydrogen-bond donors (Lipinski definition) is 1. The number of carbonyl (C=O) groups excluding carboxylic acids is 1. The molecule has 1 aliphatic heterocycles. The van der Waals surface area contributed by atoms with Crippen molar-refractivity contribution in [3.05, 3.63) is 30.3 Å². The first-order chi connectivity index (χ1) is 11.4. The molecule has 0 spiro atoms. The number of sulfonamides is 1. The van der Waals surface area contributed by atoms with Crippen LogP contribution in [-0.4, -0.2) is 32.2 Å². The summed E-state index contributed by atoms with van der Waals surface area (Å²) in [6, 6.07) is 9.44. The number of hydrogen-bond acceptors (Lipinski definition) is 3. The SMILES string of the molecule is CCN(c1ccccc1)S(=O)(=O)C1CCC2NC(=O)CC(C)C2C1. The minimum Gasteiger partial charge on any atom is -0.353 e. The molecule has 1 saturated carbocycles. The van der Waals surface area contributed by atoms with Gasteiger partial charge in [0.15, 0.2) is 0 Å². The molecule has 0 aromatic heterocycles. The summed E-state index contributed by atoms with van der Waals surface area (Å²) in [5.74, 6) is 0.601. The van der Waals surface area contributed by atoms with Gasteiger partial charge in [0.25, 0.3) is 0 Å². The van der Waals surface area contributed by atoms with Crippen LogP contribution in [0.25, 0.3) is 0 Å². The molecule has 1 N–H and O–H groups in total. The van der Waals surface area contributed by atoms with E-state index >= 15 is 0 Å². The quantitative estimate of drug-likeness (QED) is 0.907. The Labute approximate surface area is 144 Å². The highest BCUT2D eigenvalue weighted by molar-refractivity contribution is 7.93. The molecule has 132 valence electrons. The second-order valence-electron chi connectivity index (χ2n) is 7.00. The van der Waals surface area contributed by atoms with E-state index in [1.54, 1.807) is 0 Å². The first-order valence-corrected chi connectivity index (χ1v) is 10.3. The van der Waals surface area contributed by atoms with Gasteiger partial charge in [0.05, 0.1) is 10.9 Å². The number of para-hydroxylation sites is 1. The van der Waals surface area contributed by atoms with Crippen LogP contribution >= 0.6 is 0 Å². The van der Waals surface area contributed by atoms with Gasteiger partial charge in [-0.25, -0.2) is 8.42 Å². The Morgan fingerprint density at radius 1 is 1.21 bits per heavy atom. The normalized spacial score (nSPS) is 30.3. The number of rotatable bonds is 4. The Hall–Kier alpha value is -1.56. The fourth-order valence-electron chi connectivity index (χ4n) is 4.24. The van der Waals surface area contributed by atoms with Crippen LogP contribution in [0.4, 0.5) is 5.69 Å². The number of nitrogens with one attached hydrogen (secondary N) is 1. The summed E-state index contributed by atoms with van der Waals surface area (Å²) in [6.45, 7) is 4.38. The van der Waals surface area contributed by atoms with E-state index in [9.17, 15) is 13.2 Å². The smallest absolute Gasteiger partial charge is 0.238 e. The monoisotopic (exact) mass is 350 g/mol. The molecule has 2 aliphatic rings. The van der Waals surface area contributed by atoms with Gasteiger partial charge in [0.1, 0.15) is 0 Å². The molecule has 1 aliphatic carbocycles. The summed E-state index contributed by atoms with van der Waals surface area (Å²) in [7, 11) is -3.39. The van der Waals surface area contributed by atoms with Crippen molar-refractivity contribution < 1.29 is 13.2 Å². The first kappa shape index (κ1) is 17.3. The number of amides is 1. The Bertz CT molecular complexity index is 689. The van der Waals surface area contributed by atoms with E-state index in [2.05, 4.69) is 12.2 Å². The van der Waals surface area contributed by atoms with E-state index < -0.39 is 10.0 Å². The second-order valence-corrected chi connectivity index (χ2v) is 9.14. The summed E-state index contributed by atoms with van der Waals surface area (Å²) >= 11 is 0. The molecule has 6 heteroatoms. The third-order valence-electron chi connectivity index (χ3n) is 5.50. The van der Waals surface area contributed by atoms with Crippen molar-refractivity contribution in [1.82, 2.24) is 5.32 Å². The number of piperidine rings is 1. The van der Waals surface area contributed by atoms with Gasteiger partial charge in [0.2, 0.25) is 15.9 Å². The van der Waals surface area contributed by atoms with Gasteiger partial charge in [-0.3, -0.25) is 9.10 Å². The van der Waals surface area contributed by atoms with Crippen molar-refractivity contribution in [2.24, 2.45) is 11.8 Å². The summed E-state index contributed by atoms with van der Waals surface area (Å²) in [6.07, 6.45) is 2.50. The Morgan fingerprint density at radius 3 is 2.58 bits per heavy atom. The standard InChI is InChI=1S/C18H26N2O3S/c1-3-20(14-7-5-4-6-8-14)24(22,23)15-9-10-17-16(12-15)13(2)11-18(21)19-17/h4-8,13,15-17H,3,9-12H2,1-2H3,(H,19,21). The van der Waals surface area contributed by atoms with Gasteiger partial charge in [0, 0.05) is 19.0 Å². The summed E-state index contributed by atoms with van der Waals surface area (Å²) in [4.78, 5) is 11.7. The zero-order valence-corrected chi connectivity index (χ0v) is 15.1. The third kappa shape index (κ3) is 3.16. The molecular formula is C18H26N2O3S. The number of carbonyl (C=O) groups is 1. The van der Waals surface area contributed by atoms with E-state index in [4.69, 9.17) is 0 Å². The van der Waals surface area contributed by atoms with Crippen molar-refractivity contribution in [3.8, 4) is 0 Å². The van der Waals surface area contributed by atoms with Crippen LogP contribution in [0, 0.1) is 11.8 Å². The lowest BCUT2D eigenvalue weighted by atomic mass is 9.73. The average molecular weight is 350 g/mol. The maximum atomic E-state index is 13.2. The summed E-state index contributed by atoms with van der Waals surface area (Å²) in [5, 5.41) is 2.68. The highest BCUT2D eigenvalue weighted by atomic mass is 32.2. The van der Waals surface area contributed by atoms with Gasteiger partial charge in [-0.15, -0.1) is 0 Å². The molecule has 1 aromatic rings. The number of anilines is 1. The molecule has 1 saturated heterocycles. The average Bonchev–Trinajstić information content (AvgIpc) is 2.55. The van der Waals surface area contributed by atoms with E-state index in [1.807, 2.05) is 37.3 Å². The zero-order valence-electron chi connectivity index (χ0n) is 14.3. The van der Waals surface area contributed by atoms with Crippen molar-refractivity contribution in [2.75, 3.05) is 10.8 Å². The summed E-state index contributed by atoms with van der Waals surface area (Å²) < 4.78 is 27.9. The van der Waals surface area contributed by atoms with Crippen molar-refractivity contribution >= 4 is 21.6 Å². The Kier molecular flexibility index (Phi) is 4.85. The van der Waals surface area contributed by atoms with Gasteiger partial charge in [-0.1, -0.05) is 25.1 Å². The zero-order chi connectivity index (χ0) is 17.3. The van der Waals surface area contributed by atoms with Crippen LogP contribution < -0.4 is 9.62 Å². The predicted octanol–water partition coefficient (Wildman–Crippen LogP) is 2.54. The Balaban J connectivity index is 1.81. The van der Waals surface area contributed by atoms with Crippen molar-refractivity contribution in [2.45, 2.75) is 50.8 Å². The highest BCUT2D eigenvalue weighted by Crippen LogP contribution is 2.38.